The van der Waals surface area contributed by atoms with Crippen LogP contribution in [0.1, 0.15) is 12.8 Å². The Hall–Kier alpha value is 0.650. The predicted molar refractivity (Wildman–Crippen MR) is 48.7 cm³/mol. The fraction of sp³-hybridized carbons (Fsp3) is 1.00. The van der Waals surface area contributed by atoms with Crippen molar-refractivity contribution >= 4 is 22.6 Å². The quantitative estimate of drug-likeness (QED) is 0.564. The Morgan fingerprint density at radius 3 is 2.70 bits per heavy atom. The third-order valence-corrected chi connectivity index (χ3v) is 2.70. The normalized spacial score (nSPS) is 33.0. The molecule has 0 aromatic heterocycles. The van der Waals surface area contributed by atoms with Gasteiger partial charge in [0.15, 0.2) is 0 Å². The smallest absolute Gasteiger partial charge is 0.0813 e. The second-order valence-electron chi connectivity index (χ2n) is 2.57. The summed E-state index contributed by atoms with van der Waals surface area (Å²) in [4.78, 5) is 0. The number of methoxy groups -OCH3 is 1. The van der Waals surface area contributed by atoms with Crippen molar-refractivity contribution in [1.82, 2.24) is 0 Å². The van der Waals surface area contributed by atoms with Crippen LogP contribution in [-0.4, -0.2) is 30.4 Å². The SMILES string of the molecule is COC[C@@H]1CC[C@H](CI)O1. The monoisotopic (exact) mass is 256 g/mol. The van der Waals surface area contributed by atoms with Crippen molar-refractivity contribution in [2.75, 3.05) is 18.1 Å². The Labute approximate surface area is 75.4 Å². The van der Waals surface area contributed by atoms with E-state index in [4.69, 9.17) is 9.47 Å². The predicted octanol–water partition coefficient (Wildman–Crippen LogP) is 1.62. The minimum Gasteiger partial charge on any atom is -0.382 e. The standard InChI is InChI=1S/C7H13IO2/c1-9-5-7-3-2-6(4-8)10-7/h6-7H,2-5H2,1H3/t6-,7+/m1/s1. The number of hydrogen-bond acceptors (Lipinski definition) is 2. The van der Waals surface area contributed by atoms with Crippen LogP contribution in [0.2, 0.25) is 0 Å². The van der Waals surface area contributed by atoms with Gasteiger partial charge >= 0.3 is 0 Å². The average molecular weight is 256 g/mol. The Morgan fingerprint density at radius 2 is 2.20 bits per heavy atom. The molecule has 0 spiro atoms. The van der Waals surface area contributed by atoms with Crippen LogP contribution in [0.5, 0.6) is 0 Å². The Bertz CT molecular complexity index is 97.6. The van der Waals surface area contributed by atoms with E-state index in [1.165, 1.54) is 12.8 Å². The second kappa shape index (κ2) is 4.51. The van der Waals surface area contributed by atoms with Crippen LogP contribution in [-0.2, 0) is 9.47 Å². The first-order chi connectivity index (χ1) is 4.86. The maximum atomic E-state index is 5.62. The Morgan fingerprint density at radius 1 is 1.50 bits per heavy atom. The van der Waals surface area contributed by atoms with E-state index in [9.17, 15) is 0 Å². The molecule has 0 radical (unpaired) electrons. The molecule has 0 amide bonds. The van der Waals surface area contributed by atoms with Gasteiger partial charge in [-0.25, -0.2) is 0 Å². The number of rotatable bonds is 3. The third kappa shape index (κ3) is 2.36. The molecule has 1 aliphatic rings. The lowest BCUT2D eigenvalue weighted by molar-refractivity contribution is 0.00812. The highest BCUT2D eigenvalue weighted by Crippen LogP contribution is 2.20. The zero-order valence-corrected chi connectivity index (χ0v) is 8.34. The largest absolute Gasteiger partial charge is 0.382 e. The van der Waals surface area contributed by atoms with Gasteiger partial charge in [-0.1, -0.05) is 22.6 Å². The van der Waals surface area contributed by atoms with Crippen molar-refractivity contribution in [3.8, 4) is 0 Å². The zero-order valence-electron chi connectivity index (χ0n) is 6.18. The zero-order chi connectivity index (χ0) is 7.40. The molecule has 1 heterocycles. The van der Waals surface area contributed by atoms with Crippen LogP contribution in [0.15, 0.2) is 0 Å². The van der Waals surface area contributed by atoms with Gasteiger partial charge in [0, 0.05) is 11.5 Å². The molecule has 0 aliphatic carbocycles. The van der Waals surface area contributed by atoms with Gasteiger partial charge in [0.1, 0.15) is 0 Å². The molecule has 0 N–H and O–H groups in total. The second-order valence-corrected chi connectivity index (χ2v) is 3.45. The van der Waals surface area contributed by atoms with Crippen LogP contribution in [0.3, 0.4) is 0 Å². The molecule has 2 nitrogen and oxygen atoms in total. The lowest BCUT2D eigenvalue weighted by atomic mass is 10.2. The van der Waals surface area contributed by atoms with Gasteiger partial charge in [-0.15, -0.1) is 0 Å². The van der Waals surface area contributed by atoms with Crippen LogP contribution in [0, 0.1) is 0 Å². The van der Waals surface area contributed by atoms with Crippen molar-refractivity contribution in [2.24, 2.45) is 0 Å². The van der Waals surface area contributed by atoms with Gasteiger partial charge in [-0.2, -0.15) is 0 Å². The fourth-order valence-electron chi connectivity index (χ4n) is 1.20. The van der Waals surface area contributed by atoms with E-state index in [0.29, 0.717) is 12.2 Å². The van der Waals surface area contributed by atoms with Crippen LogP contribution in [0.25, 0.3) is 0 Å². The lowest BCUT2D eigenvalue weighted by Gasteiger charge is -2.09. The Kier molecular flexibility index (Phi) is 3.95. The van der Waals surface area contributed by atoms with E-state index in [-0.39, 0.29) is 0 Å². The summed E-state index contributed by atoms with van der Waals surface area (Å²) in [5.74, 6) is 0. The molecule has 0 unspecified atom stereocenters. The van der Waals surface area contributed by atoms with Crippen molar-refractivity contribution in [1.29, 1.82) is 0 Å². The number of halogens is 1. The van der Waals surface area contributed by atoms with E-state index in [0.717, 1.165) is 11.0 Å². The number of hydrogen-bond donors (Lipinski definition) is 0. The van der Waals surface area contributed by atoms with Crippen molar-refractivity contribution in [2.45, 2.75) is 25.0 Å². The first-order valence-corrected chi connectivity index (χ1v) is 5.09. The highest BCUT2D eigenvalue weighted by molar-refractivity contribution is 14.1. The highest BCUT2D eigenvalue weighted by Gasteiger charge is 2.23. The summed E-state index contributed by atoms with van der Waals surface area (Å²) in [6.07, 6.45) is 3.23. The van der Waals surface area contributed by atoms with Gasteiger partial charge in [-0.3, -0.25) is 0 Å². The molecular formula is C7H13IO2. The van der Waals surface area contributed by atoms with Crippen molar-refractivity contribution < 1.29 is 9.47 Å². The van der Waals surface area contributed by atoms with E-state index < -0.39 is 0 Å². The minimum absolute atomic E-state index is 0.366. The summed E-state index contributed by atoms with van der Waals surface area (Å²) >= 11 is 2.36. The van der Waals surface area contributed by atoms with E-state index >= 15 is 0 Å². The average Bonchev–Trinajstić information content (AvgIpc) is 2.37. The van der Waals surface area contributed by atoms with Crippen LogP contribution in [0.4, 0.5) is 0 Å². The molecule has 0 saturated carbocycles. The van der Waals surface area contributed by atoms with Gasteiger partial charge < -0.3 is 9.47 Å². The molecule has 60 valence electrons. The van der Waals surface area contributed by atoms with E-state index in [2.05, 4.69) is 22.6 Å². The molecule has 1 rings (SSSR count). The van der Waals surface area contributed by atoms with Crippen LogP contribution >= 0.6 is 22.6 Å². The maximum Gasteiger partial charge on any atom is 0.0813 e. The molecule has 1 aliphatic heterocycles. The van der Waals surface area contributed by atoms with Gasteiger partial charge in [-0.05, 0) is 12.8 Å². The molecule has 3 heteroatoms. The minimum atomic E-state index is 0.366. The summed E-state index contributed by atoms with van der Waals surface area (Å²) in [7, 11) is 1.72. The number of ether oxygens (including phenoxy) is 2. The van der Waals surface area contributed by atoms with Crippen molar-refractivity contribution in [3.05, 3.63) is 0 Å². The molecular weight excluding hydrogens is 243 g/mol. The van der Waals surface area contributed by atoms with E-state index in [1.54, 1.807) is 7.11 Å². The summed E-state index contributed by atoms with van der Waals surface area (Å²) in [5, 5.41) is 0. The van der Waals surface area contributed by atoms with Crippen molar-refractivity contribution in [3.63, 3.8) is 0 Å². The maximum absolute atomic E-state index is 5.62. The molecule has 1 fully saturated rings. The third-order valence-electron chi connectivity index (χ3n) is 1.72. The first-order valence-electron chi connectivity index (χ1n) is 3.57. The van der Waals surface area contributed by atoms with Gasteiger partial charge in [0.05, 0.1) is 18.8 Å². The molecule has 10 heavy (non-hydrogen) atoms. The van der Waals surface area contributed by atoms with Crippen LogP contribution < -0.4 is 0 Å². The summed E-state index contributed by atoms with van der Waals surface area (Å²) < 4.78 is 11.7. The number of alkyl halides is 1. The molecule has 1 saturated heterocycles. The van der Waals surface area contributed by atoms with Gasteiger partial charge in [0.2, 0.25) is 0 Å². The molecule has 2 atom stereocenters. The van der Waals surface area contributed by atoms with E-state index in [1.807, 2.05) is 0 Å². The topological polar surface area (TPSA) is 18.5 Å². The summed E-state index contributed by atoms with van der Waals surface area (Å²) in [5.41, 5.74) is 0. The molecule has 0 bridgehead atoms. The summed E-state index contributed by atoms with van der Waals surface area (Å²) in [6.45, 7) is 0.757. The molecule has 0 aromatic carbocycles. The molecule has 0 aromatic rings. The Balaban J connectivity index is 2.15. The fourth-order valence-corrected chi connectivity index (χ4v) is 1.85. The van der Waals surface area contributed by atoms with Gasteiger partial charge in [0.25, 0.3) is 0 Å². The first kappa shape index (κ1) is 8.74. The lowest BCUT2D eigenvalue weighted by Crippen LogP contribution is -2.16. The highest BCUT2D eigenvalue weighted by atomic mass is 127. The summed E-state index contributed by atoms with van der Waals surface area (Å²) in [6, 6.07) is 0.